The van der Waals surface area contributed by atoms with Crippen molar-refractivity contribution in [1.29, 1.82) is 0 Å². The van der Waals surface area contributed by atoms with E-state index in [4.69, 9.17) is 21.7 Å². The topological polar surface area (TPSA) is 203 Å². The fraction of sp³-hybridized carbons (Fsp3) is 0.238. The van der Waals surface area contributed by atoms with Crippen LogP contribution in [0.25, 0.3) is 16.0 Å². The Morgan fingerprint density at radius 1 is 1.12 bits per heavy atom. The maximum atomic E-state index is 12.3. The van der Waals surface area contributed by atoms with E-state index in [0.717, 1.165) is 5.69 Å². The van der Waals surface area contributed by atoms with Crippen LogP contribution in [-0.2, 0) is 16.1 Å². The van der Waals surface area contributed by atoms with E-state index in [9.17, 15) is 14.4 Å². The molecule has 0 aliphatic carbocycles. The molecule has 1 atom stereocenters. The van der Waals surface area contributed by atoms with Crippen LogP contribution in [0, 0.1) is 12.0 Å². The maximum Gasteiger partial charge on any atom is 0.547 e. The van der Waals surface area contributed by atoms with Crippen molar-refractivity contribution in [2.45, 2.75) is 19.4 Å². The number of benzene rings is 1. The van der Waals surface area contributed by atoms with Crippen LogP contribution in [0.1, 0.15) is 28.9 Å². The summed E-state index contributed by atoms with van der Waals surface area (Å²) in [6.45, 7) is 0.371. The quantitative estimate of drug-likeness (QED) is 0.371. The number of nitrogens with zero attached hydrogens (tertiary/aromatic N) is 6. The molecule has 1 unspecified atom stereocenters. The third kappa shape index (κ3) is 5.88. The Balaban J connectivity index is 1.69. The number of hydrogen-bond donors (Lipinski definition) is 4. The monoisotopic (exact) mass is 465 g/mol. The average molecular weight is 465 g/mol. The Bertz CT molecular complexity index is 1320. The fourth-order valence-corrected chi connectivity index (χ4v) is 2.96. The number of aromatic nitrogens is 4. The summed E-state index contributed by atoms with van der Waals surface area (Å²) in [5.41, 5.74) is 13.6. The van der Waals surface area contributed by atoms with Crippen molar-refractivity contribution in [3.63, 3.8) is 0 Å². The van der Waals surface area contributed by atoms with Crippen molar-refractivity contribution in [1.82, 2.24) is 19.9 Å². The molecule has 0 saturated heterocycles. The number of hydrogen-bond acceptors (Lipinski definition) is 10. The van der Waals surface area contributed by atoms with E-state index >= 15 is 0 Å². The summed E-state index contributed by atoms with van der Waals surface area (Å²) in [5.74, 6) is -4.28. The van der Waals surface area contributed by atoms with E-state index in [0.29, 0.717) is 23.4 Å². The number of nitrogen functional groups attached to an aromatic ring is 2. The van der Waals surface area contributed by atoms with Gasteiger partial charge in [-0.25, -0.2) is 9.97 Å². The van der Waals surface area contributed by atoms with Crippen LogP contribution in [-0.4, -0.2) is 55.0 Å². The highest BCUT2D eigenvalue weighted by Crippen LogP contribution is 2.19. The molecule has 1 aromatic carbocycles. The number of fused-ring (bicyclic) bond motifs is 1. The van der Waals surface area contributed by atoms with Gasteiger partial charge in [-0.3, -0.25) is 9.59 Å². The van der Waals surface area contributed by atoms with E-state index < -0.39 is 23.8 Å². The molecule has 0 aliphatic heterocycles. The molecule has 1 amide bonds. The first-order valence-corrected chi connectivity index (χ1v) is 9.95. The Morgan fingerprint density at radius 2 is 1.82 bits per heavy atom. The van der Waals surface area contributed by atoms with E-state index in [1.165, 1.54) is 12.1 Å². The molecule has 34 heavy (non-hydrogen) atoms. The summed E-state index contributed by atoms with van der Waals surface area (Å²) < 4.78 is 0. The summed E-state index contributed by atoms with van der Waals surface area (Å²) >= 11 is 0. The summed E-state index contributed by atoms with van der Waals surface area (Å²) in [7, 11) is 1.82. The highest BCUT2D eigenvalue weighted by molar-refractivity contribution is 6.02. The molecule has 0 fully saturated rings. The average Bonchev–Trinajstić information content (AvgIpc) is 2.79. The number of carbonyl (C=O) groups excluding carboxylic acids is 1. The van der Waals surface area contributed by atoms with Gasteiger partial charge < -0.3 is 26.6 Å². The molecule has 0 radical (unpaired) electrons. The highest BCUT2D eigenvalue weighted by atomic mass is 16.4. The van der Waals surface area contributed by atoms with Crippen molar-refractivity contribution in [3.05, 3.63) is 46.6 Å². The van der Waals surface area contributed by atoms with Gasteiger partial charge in [0, 0.05) is 24.0 Å². The van der Waals surface area contributed by atoms with Gasteiger partial charge in [0.1, 0.15) is 5.56 Å². The van der Waals surface area contributed by atoms with Crippen molar-refractivity contribution >= 4 is 46.5 Å². The number of amides is 1. The van der Waals surface area contributed by atoms with Crippen LogP contribution in [0.15, 0.2) is 30.5 Å². The maximum absolute atomic E-state index is 12.3. The number of aliphatic carboxylic acids is 2. The zero-order valence-corrected chi connectivity index (χ0v) is 18.0. The molecule has 174 valence electrons. The van der Waals surface area contributed by atoms with Crippen molar-refractivity contribution in [2.24, 2.45) is 5.92 Å². The van der Waals surface area contributed by atoms with Gasteiger partial charge in [0.25, 0.3) is 0 Å². The van der Waals surface area contributed by atoms with Gasteiger partial charge in [0.2, 0.25) is 5.95 Å². The van der Waals surface area contributed by atoms with Gasteiger partial charge >= 0.3 is 23.9 Å². The van der Waals surface area contributed by atoms with Crippen molar-refractivity contribution < 1.29 is 24.6 Å². The second kappa shape index (κ2) is 10.2. The van der Waals surface area contributed by atoms with Gasteiger partial charge in [-0.05, 0) is 30.7 Å². The molecule has 2 heterocycles. The van der Waals surface area contributed by atoms with Crippen LogP contribution < -0.4 is 16.4 Å². The Morgan fingerprint density at radius 3 is 2.47 bits per heavy atom. The minimum atomic E-state index is -1.30. The van der Waals surface area contributed by atoms with E-state index in [2.05, 4.69) is 30.9 Å². The lowest BCUT2D eigenvalue weighted by molar-refractivity contribution is -0.140. The third-order valence-corrected chi connectivity index (χ3v) is 4.72. The minimum Gasteiger partial charge on any atom is -0.481 e. The zero-order valence-electron chi connectivity index (χ0n) is 18.0. The number of carbonyl (C=O) groups is 3. The van der Waals surface area contributed by atoms with Gasteiger partial charge in [-0.15, -0.1) is 0 Å². The lowest BCUT2D eigenvalue weighted by atomic mass is 10.1. The SMILES string of the molecule is CN(Cc1cnc2nc(N)nc(N)c2n1)c1ccc(C(=O)[N+]#CC(CCC(=O)O)C(=O)O)cc1. The Labute approximate surface area is 192 Å². The number of rotatable bonds is 8. The summed E-state index contributed by atoms with van der Waals surface area (Å²) in [5, 5.41) is 17.8. The number of carboxylic acid groups (broad SMARTS) is 2. The van der Waals surface area contributed by atoms with Gasteiger partial charge in [-0.2, -0.15) is 14.8 Å². The first-order chi connectivity index (χ1) is 16.1. The molecule has 13 nitrogen and oxygen atoms in total. The van der Waals surface area contributed by atoms with Crippen LogP contribution in [0.4, 0.5) is 17.5 Å². The molecular formula is C21H21N8O5+. The number of carboxylic acids is 2. The molecule has 13 heteroatoms. The van der Waals surface area contributed by atoms with E-state index in [1.54, 1.807) is 18.3 Å². The lowest BCUT2D eigenvalue weighted by Gasteiger charge is -2.18. The molecule has 3 rings (SSSR count). The molecule has 3 aromatic rings. The largest absolute Gasteiger partial charge is 0.547 e. The van der Waals surface area contributed by atoms with Gasteiger partial charge in [0.15, 0.2) is 22.9 Å². The second-order valence-corrected chi connectivity index (χ2v) is 7.27. The van der Waals surface area contributed by atoms with Crippen LogP contribution in [0.2, 0.25) is 0 Å². The molecular weight excluding hydrogens is 444 g/mol. The van der Waals surface area contributed by atoms with E-state index in [1.807, 2.05) is 11.9 Å². The normalized spacial score (nSPS) is 11.3. The molecule has 0 aliphatic rings. The molecule has 0 saturated carbocycles. The number of anilines is 3. The van der Waals surface area contributed by atoms with Gasteiger partial charge in [0.05, 0.1) is 18.4 Å². The van der Waals surface area contributed by atoms with Gasteiger partial charge in [-0.1, -0.05) is 0 Å². The first-order valence-electron chi connectivity index (χ1n) is 9.95. The number of nitrogens with two attached hydrogens (primary N) is 2. The molecule has 0 spiro atoms. The van der Waals surface area contributed by atoms with Crippen molar-refractivity contribution in [3.8, 4) is 6.07 Å². The first kappa shape index (κ1) is 23.8. The lowest BCUT2D eigenvalue weighted by Crippen LogP contribution is -2.18. The third-order valence-electron chi connectivity index (χ3n) is 4.72. The van der Waals surface area contributed by atoms with Crippen molar-refractivity contribution in [2.75, 3.05) is 23.4 Å². The van der Waals surface area contributed by atoms with Crippen LogP contribution in [0.3, 0.4) is 0 Å². The molecule has 6 N–H and O–H groups in total. The smallest absolute Gasteiger partial charge is 0.481 e. The fourth-order valence-electron chi connectivity index (χ4n) is 2.96. The predicted octanol–water partition coefficient (Wildman–Crippen LogP) is 1.26. The summed E-state index contributed by atoms with van der Waals surface area (Å²) in [6, 6.07) is 8.67. The van der Waals surface area contributed by atoms with Crippen LogP contribution in [0.5, 0.6) is 0 Å². The molecule has 2 aromatic heterocycles. The Hall–Kier alpha value is -4.86. The Kier molecular flexibility index (Phi) is 7.12. The predicted molar refractivity (Wildman–Crippen MR) is 122 cm³/mol. The standard InChI is InChI=1S/C21H20N8O5/c1-29(10-13-9-24-18-16(26-13)17(22)27-21(23)28-18)14-5-2-11(3-6-14)19(32)25-8-12(20(33)34)4-7-15(30)31/h2-3,5-6,9,12H,4,7,10H2,1H3,(H5-,22,23,24,27,28,30,31,33,34)/p+1. The summed E-state index contributed by atoms with van der Waals surface area (Å²) in [4.78, 5) is 56.0. The molecule has 0 bridgehead atoms. The second-order valence-electron chi connectivity index (χ2n) is 7.27. The highest BCUT2D eigenvalue weighted by Gasteiger charge is 2.24. The van der Waals surface area contributed by atoms with Crippen LogP contribution >= 0.6 is 0 Å². The van der Waals surface area contributed by atoms with E-state index in [-0.39, 0.29) is 30.2 Å². The summed E-state index contributed by atoms with van der Waals surface area (Å²) in [6.07, 6.45) is 0.967. The zero-order chi connectivity index (χ0) is 24.8. The minimum absolute atomic E-state index is 0.0134.